The molecule has 3 aromatic rings. The molecular formula is C20H24ClN5O3. The molecule has 1 saturated heterocycles. The van der Waals surface area contributed by atoms with Crippen LogP contribution in [0.1, 0.15) is 24.0 Å². The van der Waals surface area contributed by atoms with Crippen molar-refractivity contribution in [3.05, 3.63) is 59.0 Å². The molecule has 0 bridgehead atoms. The van der Waals surface area contributed by atoms with E-state index in [4.69, 9.17) is 32.3 Å². The van der Waals surface area contributed by atoms with E-state index in [-0.39, 0.29) is 18.7 Å². The van der Waals surface area contributed by atoms with Gasteiger partial charge >= 0.3 is 0 Å². The summed E-state index contributed by atoms with van der Waals surface area (Å²) in [7, 11) is 0. The Kier molecular flexibility index (Phi) is 7.54. The molecule has 2 aromatic heterocycles. The third kappa shape index (κ3) is 6.23. The van der Waals surface area contributed by atoms with Crippen molar-refractivity contribution in [1.82, 2.24) is 19.7 Å². The molecule has 0 saturated carbocycles. The third-order valence-electron chi connectivity index (χ3n) is 4.34. The van der Waals surface area contributed by atoms with Crippen LogP contribution in [0.3, 0.4) is 0 Å². The molecule has 1 unspecified atom stereocenters. The van der Waals surface area contributed by atoms with Gasteiger partial charge in [0, 0.05) is 23.9 Å². The van der Waals surface area contributed by atoms with E-state index < -0.39 is 0 Å². The zero-order chi connectivity index (χ0) is 20.6. The Morgan fingerprint density at radius 3 is 2.59 bits per heavy atom. The summed E-state index contributed by atoms with van der Waals surface area (Å²) < 4.78 is 6.71. The maximum Gasteiger partial charge on any atom is 0.220 e. The monoisotopic (exact) mass is 417 g/mol. The number of hydrogen-bond donors (Lipinski definition) is 3. The second-order valence-corrected chi connectivity index (χ2v) is 7.10. The van der Waals surface area contributed by atoms with Gasteiger partial charge in [0.15, 0.2) is 0 Å². The molecule has 29 heavy (non-hydrogen) atoms. The Bertz CT molecular complexity index is 911. The number of aliphatic hydroxyl groups excluding tert-OH is 2. The summed E-state index contributed by atoms with van der Waals surface area (Å²) in [5.41, 5.74) is 8.96. The van der Waals surface area contributed by atoms with Crippen molar-refractivity contribution in [1.29, 1.82) is 0 Å². The second-order valence-electron chi connectivity index (χ2n) is 6.70. The molecule has 0 radical (unpaired) electrons. The van der Waals surface area contributed by atoms with E-state index in [1.54, 1.807) is 10.9 Å². The van der Waals surface area contributed by atoms with Gasteiger partial charge in [0.25, 0.3) is 0 Å². The number of aliphatic hydroxyl groups is 2. The Labute approximate surface area is 173 Å². The van der Waals surface area contributed by atoms with Gasteiger partial charge in [-0.15, -0.1) is 0 Å². The number of ether oxygens (including phenoxy) is 1. The van der Waals surface area contributed by atoms with Gasteiger partial charge in [0.1, 0.15) is 0 Å². The lowest BCUT2D eigenvalue weighted by Gasteiger charge is -2.15. The highest BCUT2D eigenvalue weighted by Gasteiger charge is 2.08. The molecule has 1 aromatic carbocycles. The van der Waals surface area contributed by atoms with Crippen LogP contribution < -0.4 is 5.73 Å². The predicted octanol–water partition coefficient (Wildman–Crippen LogP) is 2.27. The van der Waals surface area contributed by atoms with Crippen LogP contribution in [0.25, 0.3) is 11.3 Å². The number of aromatic nitrogens is 4. The molecule has 3 heterocycles. The molecule has 154 valence electrons. The Balaban J connectivity index is 0.000000290. The first kappa shape index (κ1) is 21.2. The number of nitrogens with zero attached hydrogens (tertiary/aromatic N) is 4. The zero-order valence-corrected chi connectivity index (χ0v) is 16.7. The van der Waals surface area contributed by atoms with Crippen LogP contribution in [0.2, 0.25) is 5.02 Å². The van der Waals surface area contributed by atoms with Crippen LogP contribution in [0.4, 0.5) is 5.95 Å². The first-order valence-corrected chi connectivity index (χ1v) is 9.68. The Morgan fingerprint density at radius 1 is 1.21 bits per heavy atom. The van der Waals surface area contributed by atoms with Gasteiger partial charge in [-0.1, -0.05) is 35.9 Å². The van der Waals surface area contributed by atoms with Crippen LogP contribution in [0.5, 0.6) is 0 Å². The highest BCUT2D eigenvalue weighted by Crippen LogP contribution is 2.26. The van der Waals surface area contributed by atoms with Gasteiger partial charge in [0.2, 0.25) is 5.95 Å². The van der Waals surface area contributed by atoms with Gasteiger partial charge in [-0.05, 0) is 18.4 Å². The number of nitrogens with two attached hydrogens (primary N) is 1. The van der Waals surface area contributed by atoms with Crippen molar-refractivity contribution < 1.29 is 14.9 Å². The number of hydrogen-bond acceptors (Lipinski definition) is 7. The van der Waals surface area contributed by atoms with Crippen molar-refractivity contribution in [3.63, 3.8) is 0 Å². The molecule has 1 aliphatic rings. The maximum absolute atomic E-state index is 9.04. The van der Waals surface area contributed by atoms with Crippen LogP contribution in [0, 0.1) is 0 Å². The fraction of sp³-hybridized carbons (Fsp3) is 0.350. The summed E-state index contributed by atoms with van der Waals surface area (Å²) >= 11 is 6.10. The van der Waals surface area contributed by atoms with Gasteiger partial charge in [-0.3, -0.25) is 4.68 Å². The van der Waals surface area contributed by atoms with E-state index in [1.807, 2.05) is 30.5 Å². The van der Waals surface area contributed by atoms with Crippen LogP contribution in [-0.2, 0) is 17.9 Å². The molecule has 4 N–H and O–H groups in total. The molecule has 8 nitrogen and oxygen atoms in total. The van der Waals surface area contributed by atoms with Gasteiger partial charge in [-0.25, -0.2) is 9.97 Å². The number of halogens is 1. The summed E-state index contributed by atoms with van der Waals surface area (Å²) in [6.45, 7) is 1.99. The standard InChI is InChI=1S/C15H14ClN5O.C5H10O2/c16-13-6-18-15(17)20-14(13)12-3-1-10(2-4-12)7-21-8-11(9-22)5-19-21;6-5-2-1-3-7-4-5/h1-6,8,22H,7,9H2,(H2,17,18,20);5-6H,1-4H2. The average molecular weight is 418 g/mol. The quantitative estimate of drug-likeness (QED) is 0.595. The molecular weight excluding hydrogens is 394 g/mol. The normalized spacial score (nSPS) is 16.2. The van der Waals surface area contributed by atoms with E-state index >= 15 is 0 Å². The minimum Gasteiger partial charge on any atom is -0.392 e. The van der Waals surface area contributed by atoms with E-state index in [1.165, 1.54) is 6.20 Å². The Morgan fingerprint density at radius 2 is 2.00 bits per heavy atom. The molecule has 9 heteroatoms. The SMILES string of the molecule is Nc1ncc(Cl)c(-c2ccc(Cn3cc(CO)cn3)cc2)n1.OC1CCCOC1. The highest BCUT2D eigenvalue weighted by atomic mass is 35.5. The Hall–Kier alpha value is -2.52. The van der Waals surface area contributed by atoms with Gasteiger partial charge < -0.3 is 20.7 Å². The smallest absolute Gasteiger partial charge is 0.220 e. The first-order chi connectivity index (χ1) is 14.0. The lowest BCUT2D eigenvalue weighted by atomic mass is 10.1. The molecule has 0 aliphatic carbocycles. The summed E-state index contributed by atoms with van der Waals surface area (Å²) in [6.07, 6.45) is 6.70. The topological polar surface area (TPSA) is 119 Å². The number of anilines is 1. The molecule has 1 atom stereocenters. The molecule has 4 rings (SSSR count). The fourth-order valence-electron chi connectivity index (χ4n) is 2.84. The number of nitrogen functional groups attached to an aromatic ring is 1. The largest absolute Gasteiger partial charge is 0.392 e. The van der Waals surface area contributed by atoms with Crippen LogP contribution in [0.15, 0.2) is 42.9 Å². The summed E-state index contributed by atoms with van der Waals surface area (Å²) in [4.78, 5) is 8.01. The summed E-state index contributed by atoms with van der Waals surface area (Å²) in [5.74, 6) is 0.191. The number of rotatable bonds is 4. The van der Waals surface area contributed by atoms with Gasteiger partial charge in [-0.2, -0.15) is 5.10 Å². The maximum atomic E-state index is 9.04. The highest BCUT2D eigenvalue weighted by molar-refractivity contribution is 6.32. The summed E-state index contributed by atoms with van der Waals surface area (Å²) in [6, 6.07) is 7.81. The lowest BCUT2D eigenvalue weighted by molar-refractivity contribution is -0.00535. The molecule has 0 spiro atoms. The van der Waals surface area contributed by atoms with E-state index in [0.717, 1.165) is 36.1 Å². The fourth-order valence-corrected chi connectivity index (χ4v) is 3.04. The van der Waals surface area contributed by atoms with Crippen molar-refractivity contribution in [2.24, 2.45) is 0 Å². The third-order valence-corrected chi connectivity index (χ3v) is 4.62. The van der Waals surface area contributed by atoms with Crippen LogP contribution >= 0.6 is 11.6 Å². The van der Waals surface area contributed by atoms with Crippen molar-refractivity contribution in [3.8, 4) is 11.3 Å². The van der Waals surface area contributed by atoms with Crippen LogP contribution in [-0.4, -0.2) is 49.3 Å². The molecule has 1 aliphatic heterocycles. The van der Waals surface area contributed by atoms with Crippen molar-refractivity contribution in [2.45, 2.75) is 32.1 Å². The molecule has 0 amide bonds. The van der Waals surface area contributed by atoms with E-state index in [9.17, 15) is 0 Å². The second kappa shape index (κ2) is 10.3. The van der Waals surface area contributed by atoms with E-state index in [2.05, 4.69) is 15.1 Å². The molecule has 1 fully saturated rings. The minimum absolute atomic E-state index is 0.00737. The average Bonchev–Trinajstić information content (AvgIpc) is 3.19. The van der Waals surface area contributed by atoms with Gasteiger partial charge in [0.05, 0.1) is 49.0 Å². The summed E-state index contributed by atoms with van der Waals surface area (Å²) in [5, 5.41) is 22.5. The first-order valence-electron chi connectivity index (χ1n) is 9.30. The lowest BCUT2D eigenvalue weighted by Crippen LogP contribution is -2.21. The predicted molar refractivity (Wildman–Crippen MR) is 110 cm³/mol. The van der Waals surface area contributed by atoms with E-state index in [0.29, 0.717) is 23.9 Å². The number of benzene rings is 1. The zero-order valence-electron chi connectivity index (χ0n) is 15.9. The van der Waals surface area contributed by atoms with Crippen molar-refractivity contribution >= 4 is 17.5 Å². The minimum atomic E-state index is -0.186. The van der Waals surface area contributed by atoms with Crippen molar-refractivity contribution in [2.75, 3.05) is 18.9 Å².